The van der Waals surface area contributed by atoms with Gasteiger partial charge in [-0.15, -0.1) is 0 Å². The van der Waals surface area contributed by atoms with Gasteiger partial charge in [0.15, 0.2) is 0 Å². The summed E-state index contributed by atoms with van der Waals surface area (Å²) in [5.41, 5.74) is -0.498. The van der Waals surface area contributed by atoms with Gasteiger partial charge in [0, 0.05) is 32.3 Å². The van der Waals surface area contributed by atoms with Crippen molar-refractivity contribution in [2.45, 2.75) is 52.6 Å². The molecule has 0 radical (unpaired) electrons. The number of amides is 1. The fraction of sp³-hybridized carbons (Fsp3) is 0.929. The first-order valence-electron chi connectivity index (χ1n) is 7.04. The van der Waals surface area contributed by atoms with E-state index in [1.807, 2.05) is 20.8 Å². The molecule has 0 saturated carbocycles. The summed E-state index contributed by atoms with van der Waals surface area (Å²) in [6, 6.07) is 0. The quantitative estimate of drug-likeness (QED) is 0.634. The van der Waals surface area contributed by atoms with Gasteiger partial charge in [-0.3, -0.25) is 0 Å². The maximum atomic E-state index is 11.4. The van der Waals surface area contributed by atoms with Crippen LogP contribution in [0.4, 0.5) is 4.79 Å². The predicted octanol–water partition coefficient (Wildman–Crippen LogP) is 2.33. The molecule has 1 amide bonds. The van der Waals surface area contributed by atoms with Crippen LogP contribution in [0.1, 0.15) is 47.0 Å². The third-order valence-corrected chi connectivity index (χ3v) is 2.50. The summed E-state index contributed by atoms with van der Waals surface area (Å²) in [6.07, 6.45) is 2.46. The van der Waals surface area contributed by atoms with Crippen molar-refractivity contribution in [1.82, 2.24) is 5.32 Å². The number of rotatable bonds is 9. The van der Waals surface area contributed by atoms with E-state index in [0.717, 1.165) is 25.9 Å². The highest BCUT2D eigenvalue weighted by Crippen LogP contribution is 2.07. The average Bonchev–Trinajstić information content (AvgIpc) is 2.30. The third-order valence-electron chi connectivity index (χ3n) is 2.50. The number of ether oxygens (including phenoxy) is 2. The molecular weight excluding hydrogens is 246 g/mol. The van der Waals surface area contributed by atoms with Crippen LogP contribution in [-0.2, 0) is 9.47 Å². The number of carbonyl (C=O) groups is 1. The molecule has 1 atom stereocenters. The number of alkyl carbamates (subject to hydrolysis) is 1. The van der Waals surface area contributed by atoms with E-state index in [1.54, 1.807) is 0 Å². The number of hydrogen-bond acceptors (Lipinski definition) is 4. The van der Waals surface area contributed by atoms with Crippen LogP contribution in [0.5, 0.6) is 0 Å². The Labute approximate surface area is 116 Å². The first-order valence-corrected chi connectivity index (χ1v) is 7.04. The molecule has 0 aromatic rings. The molecule has 5 nitrogen and oxygen atoms in total. The minimum atomic E-state index is -0.498. The number of unbranched alkanes of at least 4 members (excludes halogenated alkanes) is 1. The van der Waals surface area contributed by atoms with E-state index in [2.05, 4.69) is 12.2 Å². The number of carbonyl (C=O) groups excluding carboxylic acids is 1. The van der Waals surface area contributed by atoms with Gasteiger partial charge >= 0.3 is 6.09 Å². The summed E-state index contributed by atoms with van der Waals surface area (Å²) in [5, 5.41) is 11.9. The minimum absolute atomic E-state index is 0.00847. The Kier molecular flexibility index (Phi) is 9.61. The van der Waals surface area contributed by atoms with Crippen molar-refractivity contribution < 1.29 is 19.4 Å². The van der Waals surface area contributed by atoms with Crippen molar-refractivity contribution in [3.8, 4) is 0 Å². The summed E-state index contributed by atoms with van der Waals surface area (Å²) in [4.78, 5) is 11.4. The molecule has 0 aromatic carbocycles. The number of aliphatic hydroxyl groups is 1. The molecule has 0 aromatic heterocycles. The van der Waals surface area contributed by atoms with Gasteiger partial charge in [0.2, 0.25) is 0 Å². The zero-order valence-corrected chi connectivity index (χ0v) is 12.7. The second kappa shape index (κ2) is 10.0. The minimum Gasteiger partial charge on any atom is -0.444 e. The van der Waals surface area contributed by atoms with E-state index >= 15 is 0 Å². The van der Waals surface area contributed by atoms with Gasteiger partial charge in [0.05, 0.1) is 0 Å². The van der Waals surface area contributed by atoms with Crippen molar-refractivity contribution in [2.75, 3.05) is 26.4 Å². The van der Waals surface area contributed by atoms with Crippen molar-refractivity contribution in [2.24, 2.45) is 5.92 Å². The lowest BCUT2D eigenvalue weighted by Crippen LogP contribution is -2.36. The maximum absolute atomic E-state index is 11.4. The van der Waals surface area contributed by atoms with Crippen molar-refractivity contribution in [1.29, 1.82) is 0 Å². The molecule has 0 rings (SSSR count). The van der Waals surface area contributed by atoms with Crippen LogP contribution in [0, 0.1) is 5.92 Å². The van der Waals surface area contributed by atoms with Gasteiger partial charge < -0.3 is 19.9 Å². The summed E-state index contributed by atoms with van der Waals surface area (Å²) >= 11 is 0. The molecule has 5 heteroatoms. The van der Waals surface area contributed by atoms with Crippen LogP contribution in [0.15, 0.2) is 0 Å². The van der Waals surface area contributed by atoms with Crippen LogP contribution >= 0.6 is 0 Å². The molecule has 0 fully saturated rings. The Bertz CT molecular complexity index is 238. The Balaban J connectivity index is 3.72. The Hall–Kier alpha value is -0.810. The molecule has 1 unspecified atom stereocenters. The average molecular weight is 275 g/mol. The van der Waals surface area contributed by atoms with E-state index in [0.29, 0.717) is 13.2 Å². The largest absolute Gasteiger partial charge is 0.444 e. The van der Waals surface area contributed by atoms with E-state index in [1.165, 1.54) is 0 Å². The van der Waals surface area contributed by atoms with E-state index in [-0.39, 0.29) is 12.5 Å². The first kappa shape index (κ1) is 18.2. The normalized spacial score (nSPS) is 13.1. The molecule has 0 bridgehead atoms. The zero-order chi connectivity index (χ0) is 14.7. The summed E-state index contributed by atoms with van der Waals surface area (Å²) < 4.78 is 10.6. The van der Waals surface area contributed by atoms with Crippen LogP contribution in [-0.4, -0.2) is 43.2 Å². The predicted molar refractivity (Wildman–Crippen MR) is 75.2 cm³/mol. The van der Waals surface area contributed by atoms with Crippen LogP contribution in [0.2, 0.25) is 0 Å². The number of aliphatic hydroxyl groups excluding tert-OH is 1. The van der Waals surface area contributed by atoms with Gasteiger partial charge in [0.1, 0.15) is 5.60 Å². The number of nitrogens with one attached hydrogen (secondary N) is 1. The highest BCUT2D eigenvalue weighted by atomic mass is 16.6. The maximum Gasteiger partial charge on any atom is 0.407 e. The van der Waals surface area contributed by atoms with Gasteiger partial charge in [-0.05, 0) is 33.6 Å². The Morgan fingerprint density at radius 1 is 1.32 bits per heavy atom. The molecule has 114 valence electrons. The monoisotopic (exact) mass is 275 g/mol. The summed E-state index contributed by atoms with van der Waals surface area (Å²) in [6.45, 7) is 9.38. The summed E-state index contributed by atoms with van der Waals surface area (Å²) in [5.74, 6) is 0.00847. The zero-order valence-electron chi connectivity index (χ0n) is 12.7. The molecule has 0 aliphatic carbocycles. The molecule has 2 N–H and O–H groups in total. The highest BCUT2D eigenvalue weighted by molar-refractivity contribution is 5.67. The first-order chi connectivity index (χ1) is 8.89. The fourth-order valence-electron chi connectivity index (χ4n) is 1.40. The number of hydrogen-bond donors (Lipinski definition) is 2. The smallest absolute Gasteiger partial charge is 0.407 e. The van der Waals surface area contributed by atoms with E-state index in [9.17, 15) is 9.90 Å². The molecular formula is C14H29NO4. The second-order valence-corrected chi connectivity index (χ2v) is 5.69. The van der Waals surface area contributed by atoms with Gasteiger partial charge in [-0.1, -0.05) is 13.3 Å². The van der Waals surface area contributed by atoms with Gasteiger partial charge in [-0.25, -0.2) is 4.79 Å². The lowest BCUT2D eigenvalue weighted by molar-refractivity contribution is 0.0499. The van der Waals surface area contributed by atoms with Gasteiger partial charge in [0.25, 0.3) is 0 Å². The van der Waals surface area contributed by atoms with Crippen molar-refractivity contribution >= 4 is 6.09 Å². The van der Waals surface area contributed by atoms with Crippen LogP contribution < -0.4 is 5.32 Å². The highest BCUT2D eigenvalue weighted by Gasteiger charge is 2.17. The van der Waals surface area contributed by atoms with E-state index < -0.39 is 11.7 Å². The third kappa shape index (κ3) is 12.0. The molecule has 0 aliphatic rings. The summed E-state index contributed by atoms with van der Waals surface area (Å²) in [7, 11) is 0. The molecule has 0 aliphatic heterocycles. The molecule has 0 spiro atoms. The van der Waals surface area contributed by atoms with Crippen molar-refractivity contribution in [3.63, 3.8) is 0 Å². The van der Waals surface area contributed by atoms with Crippen LogP contribution in [0.3, 0.4) is 0 Å². The lowest BCUT2D eigenvalue weighted by Gasteiger charge is -2.21. The molecule has 0 saturated heterocycles. The van der Waals surface area contributed by atoms with Crippen LogP contribution in [0.25, 0.3) is 0 Å². The Morgan fingerprint density at radius 2 is 2.00 bits per heavy atom. The van der Waals surface area contributed by atoms with E-state index in [4.69, 9.17) is 9.47 Å². The van der Waals surface area contributed by atoms with Crippen molar-refractivity contribution in [3.05, 3.63) is 0 Å². The Morgan fingerprint density at radius 3 is 2.53 bits per heavy atom. The standard InChI is InChI=1S/C14H29NO4/c1-5-6-8-18-9-7-12(11-16)10-15-13(17)19-14(2,3)4/h12,16H,5-11H2,1-4H3,(H,15,17). The topological polar surface area (TPSA) is 67.8 Å². The molecule has 0 heterocycles. The van der Waals surface area contributed by atoms with Gasteiger partial charge in [-0.2, -0.15) is 0 Å². The lowest BCUT2D eigenvalue weighted by atomic mass is 10.1. The SMILES string of the molecule is CCCCOCCC(CO)CNC(=O)OC(C)(C)C. The second-order valence-electron chi connectivity index (χ2n) is 5.69. The molecule has 19 heavy (non-hydrogen) atoms. The fourth-order valence-corrected chi connectivity index (χ4v) is 1.40.